The van der Waals surface area contributed by atoms with Gasteiger partial charge in [0.05, 0.1) is 19.4 Å². The molecular formula is C19H18ClN3O3. The molecule has 134 valence electrons. The number of carbonyl (C=O) groups is 1. The first-order valence-corrected chi connectivity index (χ1v) is 8.81. The van der Waals surface area contributed by atoms with Crippen molar-refractivity contribution in [2.45, 2.75) is 19.5 Å². The van der Waals surface area contributed by atoms with Gasteiger partial charge in [0.15, 0.2) is 0 Å². The smallest absolute Gasteiger partial charge is 0.234 e. The Kier molecular flexibility index (Phi) is 4.77. The Bertz CT molecular complexity index is 887. The van der Waals surface area contributed by atoms with Crippen LogP contribution >= 0.6 is 11.6 Å². The van der Waals surface area contributed by atoms with E-state index in [1.165, 1.54) is 0 Å². The molecule has 1 N–H and O–H groups in total. The number of aromatic nitrogens is 1. The minimum Gasteiger partial charge on any atom is -0.467 e. The summed E-state index contributed by atoms with van der Waals surface area (Å²) in [5, 5.41) is 7.78. The van der Waals surface area contributed by atoms with E-state index in [-0.39, 0.29) is 5.91 Å². The minimum atomic E-state index is -0.0330. The second-order valence-electron chi connectivity index (χ2n) is 6.26. The molecule has 1 amide bonds. The van der Waals surface area contributed by atoms with Crippen molar-refractivity contribution in [3.05, 3.63) is 64.8 Å². The van der Waals surface area contributed by atoms with Gasteiger partial charge < -0.3 is 14.3 Å². The van der Waals surface area contributed by atoms with Gasteiger partial charge in [-0.05, 0) is 24.3 Å². The van der Waals surface area contributed by atoms with Crippen LogP contribution in [-0.4, -0.2) is 29.1 Å². The van der Waals surface area contributed by atoms with Crippen LogP contribution < -0.4 is 5.32 Å². The summed E-state index contributed by atoms with van der Waals surface area (Å²) in [6.45, 7) is 2.11. The number of fused-ring (bicyclic) bond motifs is 1. The van der Waals surface area contributed by atoms with Crippen molar-refractivity contribution in [2.75, 3.05) is 13.1 Å². The number of hydrogen-bond donors (Lipinski definition) is 1. The van der Waals surface area contributed by atoms with E-state index >= 15 is 0 Å². The minimum absolute atomic E-state index is 0.0330. The number of benzene rings is 1. The number of nitrogens with one attached hydrogen (secondary N) is 1. The first kappa shape index (κ1) is 16.9. The van der Waals surface area contributed by atoms with Crippen molar-refractivity contribution < 1.29 is 13.7 Å². The quantitative estimate of drug-likeness (QED) is 0.745. The molecule has 0 spiro atoms. The summed E-state index contributed by atoms with van der Waals surface area (Å²) >= 11 is 5.96. The number of nitrogens with zero attached hydrogens (tertiary/aromatic N) is 2. The molecular weight excluding hydrogens is 354 g/mol. The number of furan rings is 1. The third kappa shape index (κ3) is 3.66. The van der Waals surface area contributed by atoms with Gasteiger partial charge in [-0.2, -0.15) is 0 Å². The highest BCUT2D eigenvalue weighted by molar-refractivity contribution is 6.30. The first-order valence-electron chi connectivity index (χ1n) is 8.44. The Labute approximate surface area is 155 Å². The van der Waals surface area contributed by atoms with Crippen LogP contribution in [0, 0.1) is 0 Å². The molecule has 0 saturated carbocycles. The lowest BCUT2D eigenvalue weighted by Gasteiger charge is -2.25. The fourth-order valence-corrected chi connectivity index (χ4v) is 3.22. The van der Waals surface area contributed by atoms with E-state index in [1.807, 2.05) is 30.3 Å². The van der Waals surface area contributed by atoms with Gasteiger partial charge in [-0.25, -0.2) is 0 Å². The van der Waals surface area contributed by atoms with Gasteiger partial charge in [0.25, 0.3) is 0 Å². The predicted octanol–water partition coefficient (Wildman–Crippen LogP) is 3.26. The number of hydrogen-bond acceptors (Lipinski definition) is 5. The van der Waals surface area contributed by atoms with Crippen LogP contribution in [0.15, 0.2) is 51.6 Å². The maximum absolute atomic E-state index is 12.2. The molecule has 1 aliphatic rings. The van der Waals surface area contributed by atoms with E-state index < -0.39 is 0 Å². The highest BCUT2D eigenvalue weighted by Crippen LogP contribution is 2.30. The lowest BCUT2D eigenvalue weighted by Crippen LogP contribution is -2.39. The fourth-order valence-electron chi connectivity index (χ4n) is 3.09. The van der Waals surface area contributed by atoms with E-state index in [4.69, 9.17) is 20.5 Å². The highest BCUT2D eigenvalue weighted by atomic mass is 35.5. The molecule has 0 atom stereocenters. The Morgan fingerprint density at radius 3 is 2.88 bits per heavy atom. The summed E-state index contributed by atoms with van der Waals surface area (Å²) in [6, 6.07) is 11.2. The van der Waals surface area contributed by atoms with Crippen LogP contribution in [0.25, 0.3) is 11.3 Å². The van der Waals surface area contributed by atoms with Crippen LogP contribution in [-0.2, 0) is 24.3 Å². The van der Waals surface area contributed by atoms with Crippen molar-refractivity contribution >= 4 is 17.5 Å². The second kappa shape index (κ2) is 7.35. The molecule has 26 heavy (non-hydrogen) atoms. The largest absolute Gasteiger partial charge is 0.467 e. The second-order valence-corrected chi connectivity index (χ2v) is 6.69. The van der Waals surface area contributed by atoms with Crippen molar-refractivity contribution in [3.8, 4) is 11.3 Å². The van der Waals surface area contributed by atoms with Crippen LogP contribution in [0.4, 0.5) is 0 Å². The summed E-state index contributed by atoms with van der Waals surface area (Å²) < 4.78 is 10.7. The monoisotopic (exact) mass is 371 g/mol. The Morgan fingerprint density at radius 1 is 1.27 bits per heavy atom. The molecule has 2 aromatic heterocycles. The molecule has 1 aliphatic heterocycles. The fraction of sp³-hybridized carbons (Fsp3) is 0.263. The van der Waals surface area contributed by atoms with Gasteiger partial charge in [0.2, 0.25) is 5.91 Å². The van der Waals surface area contributed by atoms with Crippen LogP contribution in [0.5, 0.6) is 0 Å². The Morgan fingerprint density at radius 2 is 2.12 bits per heavy atom. The topological polar surface area (TPSA) is 71.5 Å². The highest BCUT2D eigenvalue weighted by Gasteiger charge is 2.26. The van der Waals surface area contributed by atoms with Crippen molar-refractivity contribution in [1.82, 2.24) is 15.4 Å². The van der Waals surface area contributed by atoms with E-state index in [0.717, 1.165) is 41.3 Å². The molecule has 0 unspecified atom stereocenters. The molecule has 6 nitrogen and oxygen atoms in total. The Balaban J connectivity index is 1.41. The van der Waals surface area contributed by atoms with Crippen LogP contribution in [0.2, 0.25) is 5.02 Å². The molecule has 3 heterocycles. The zero-order chi connectivity index (χ0) is 17.9. The lowest BCUT2D eigenvalue weighted by atomic mass is 10.0. The maximum Gasteiger partial charge on any atom is 0.234 e. The number of carbonyl (C=O) groups excluding carboxylic acids is 1. The molecule has 0 bridgehead atoms. The van der Waals surface area contributed by atoms with Gasteiger partial charge >= 0.3 is 0 Å². The van der Waals surface area contributed by atoms with E-state index in [9.17, 15) is 4.79 Å². The van der Waals surface area contributed by atoms with Crippen LogP contribution in [0.3, 0.4) is 0 Å². The maximum atomic E-state index is 12.2. The predicted molar refractivity (Wildman–Crippen MR) is 96.5 cm³/mol. The van der Waals surface area contributed by atoms with E-state index in [2.05, 4.69) is 15.4 Å². The van der Waals surface area contributed by atoms with E-state index in [0.29, 0.717) is 24.7 Å². The third-order valence-corrected chi connectivity index (χ3v) is 4.68. The summed E-state index contributed by atoms with van der Waals surface area (Å²) in [4.78, 5) is 14.3. The SMILES string of the molecule is O=C(CN1CCc2onc(-c3ccc(Cl)cc3)c2C1)NCc1ccco1. The van der Waals surface area contributed by atoms with Crippen molar-refractivity contribution in [1.29, 1.82) is 0 Å². The zero-order valence-electron chi connectivity index (χ0n) is 14.1. The molecule has 0 fully saturated rings. The van der Waals surface area contributed by atoms with Gasteiger partial charge in [-0.1, -0.05) is 28.9 Å². The normalized spacial score (nSPS) is 14.2. The molecule has 3 aromatic rings. The first-order chi connectivity index (χ1) is 12.7. The molecule has 1 aromatic carbocycles. The van der Waals surface area contributed by atoms with Gasteiger partial charge in [0, 0.05) is 35.7 Å². The van der Waals surface area contributed by atoms with Gasteiger partial charge in [-0.15, -0.1) is 0 Å². The molecule has 0 saturated heterocycles. The molecule has 0 radical (unpaired) electrons. The summed E-state index contributed by atoms with van der Waals surface area (Å²) in [5.74, 6) is 1.60. The lowest BCUT2D eigenvalue weighted by molar-refractivity contribution is -0.122. The standard InChI is InChI=1S/C19H18ClN3O3/c20-14-5-3-13(4-6-14)19-16-11-23(8-7-17(16)26-22-19)12-18(24)21-10-15-2-1-9-25-15/h1-6,9H,7-8,10-12H2,(H,21,24). The van der Waals surface area contributed by atoms with Crippen molar-refractivity contribution in [2.24, 2.45) is 0 Å². The third-order valence-electron chi connectivity index (χ3n) is 4.43. The van der Waals surface area contributed by atoms with Gasteiger partial charge in [-0.3, -0.25) is 9.69 Å². The summed E-state index contributed by atoms with van der Waals surface area (Å²) in [7, 11) is 0. The summed E-state index contributed by atoms with van der Waals surface area (Å²) in [6.07, 6.45) is 2.33. The zero-order valence-corrected chi connectivity index (χ0v) is 14.8. The van der Waals surface area contributed by atoms with Gasteiger partial charge in [0.1, 0.15) is 17.2 Å². The summed E-state index contributed by atoms with van der Waals surface area (Å²) in [5.41, 5.74) is 2.82. The average molecular weight is 372 g/mol. The van der Waals surface area contributed by atoms with E-state index in [1.54, 1.807) is 12.3 Å². The molecule has 7 heteroatoms. The number of amides is 1. The molecule has 0 aliphatic carbocycles. The average Bonchev–Trinajstić information content (AvgIpc) is 3.30. The number of halogens is 1. The number of rotatable bonds is 5. The van der Waals surface area contributed by atoms with Crippen molar-refractivity contribution in [3.63, 3.8) is 0 Å². The Hall–Kier alpha value is -2.57. The molecule has 4 rings (SSSR count). The van der Waals surface area contributed by atoms with Crippen LogP contribution in [0.1, 0.15) is 17.1 Å².